The third kappa shape index (κ3) is 4.12. The van der Waals surface area contributed by atoms with Gasteiger partial charge in [0.15, 0.2) is 0 Å². The zero-order valence-corrected chi connectivity index (χ0v) is 12.2. The molecule has 19 heavy (non-hydrogen) atoms. The second-order valence-corrected chi connectivity index (χ2v) is 4.79. The maximum absolute atomic E-state index is 10.5. The lowest BCUT2D eigenvalue weighted by molar-refractivity contribution is -0.131. The highest BCUT2D eigenvalue weighted by atomic mass is 16.4. The molecule has 0 unspecified atom stereocenters. The van der Waals surface area contributed by atoms with Crippen LogP contribution in [-0.2, 0) is 4.79 Å². The van der Waals surface area contributed by atoms with E-state index in [1.54, 1.807) is 6.08 Å². The minimum absolute atomic E-state index is 0.541. The second-order valence-electron chi connectivity index (χ2n) is 4.79. The van der Waals surface area contributed by atoms with E-state index in [-0.39, 0.29) is 0 Å². The van der Waals surface area contributed by atoms with Gasteiger partial charge in [-0.25, -0.2) is 4.79 Å². The highest BCUT2D eigenvalue weighted by Gasteiger charge is 2.11. The largest absolute Gasteiger partial charge is 0.478 e. The molecule has 0 saturated heterocycles. The number of nitrogens with zero attached hydrogens (tertiary/aromatic N) is 1. The van der Waals surface area contributed by atoms with Crippen molar-refractivity contribution in [2.24, 2.45) is 0 Å². The SMILES string of the molecule is CCC(CC)N(C)c1ccc(C=CC(=O)O)c(C)c1. The van der Waals surface area contributed by atoms with Crippen molar-refractivity contribution in [3.8, 4) is 0 Å². The van der Waals surface area contributed by atoms with E-state index < -0.39 is 5.97 Å². The van der Waals surface area contributed by atoms with Crippen LogP contribution in [0.4, 0.5) is 5.69 Å². The third-order valence-corrected chi connectivity index (χ3v) is 3.56. The summed E-state index contributed by atoms with van der Waals surface area (Å²) in [6, 6.07) is 6.68. The zero-order valence-electron chi connectivity index (χ0n) is 12.2. The van der Waals surface area contributed by atoms with Crippen molar-refractivity contribution in [1.82, 2.24) is 0 Å². The van der Waals surface area contributed by atoms with Crippen LogP contribution in [0.2, 0.25) is 0 Å². The van der Waals surface area contributed by atoms with Gasteiger partial charge in [0.25, 0.3) is 0 Å². The minimum atomic E-state index is -0.919. The number of carboxylic acids is 1. The number of hydrogen-bond donors (Lipinski definition) is 1. The first-order valence-corrected chi connectivity index (χ1v) is 6.74. The molecule has 1 aromatic carbocycles. The second kappa shape index (κ2) is 6.98. The van der Waals surface area contributed by atoms with Crippen LogP contribution in [0.25, 0.3) is 6.08 Å². The van der Waals surface area contributed by atoms with E-state index in [0.717, 1.165) is 24.0 Å². The van der Waals surface area contributed by atoms with Crippen molar-refractivity contribution < 1.29 is 9.90 Å². The molecular formula is C16H23NO2. The number of aryl methyl sites for hydroxylation is 1. The Morgan fingerprint density at radius 1 is 1.37 bits per heavy atom. The van der Waals surface area contributed by atoms with Crippen molar-refractivity contribution in [2.75, 3.05) is 11.9 Å². The van der Waals surface area contributed by atoms with Crippen molar-refractivity contribution in [1.29, 1.82) is 0 Å². The third-order valence-electron chi connectivity index (χ3n) is 3.56. The van der Waals surface area contributed by atoms with Gasteiger partial charge in [0, 0.05) is 24.9 Å². The minimum Gasteiger partial charge on any atom is -0.478 e. The van der Waals surface area contributed by atoms with Crippen molar-refractivity contribution >= 4 is 17.7 Å². The molecule has 0 amide bonds. The Bertz CT molecular complexity index is 462. The van der Waals surface area contributed by atoms with Crippen molar-refractivity contribution in [2.45, 2.75) is 39.7 Å². The molecule has 0 saturated carbocycles. The summed E-state index contributed by atoms with van der Waals surface area (Å²) in [6.45, 7) is 6.40. The fraction of sp³-hybridized carbons (Fsp3) is 0.438. The van der Waals surface area contributed by atoms with Gasteiger partial charge < -0.3 is 10.0 Å². The lowest BCUT2D eigenvalue weighted by Crippen LogP contribution is -2.30. The van der Waals surface area contributed by atoms with Crippen LogP contribution < -0.4 is 4.90 Å². The Morgan fingerprint density at radius 3 is 2.47 bits per heavy atom. The number of hydrogen-bond acceptors (Lipinski definition) is 2. The molecule has 1 rings (SSSR count). The molecule has 0 aromatic heterocycles. The molecule has 104 valence electrons. The Kier molecular flexibility index (Phi) is 5.61. The average Bonchev–Trinajstić information content (AvgIpc) is 2.38. The number of rotatable bonds is 6. The summed E-state index contributed by atoms with van der Waals surface area (Å²) in [4.78, 5) is 12.8. The van der Waals surface area contributed by atoms with Gasteiger partial charge in [-0.1, -0.05) is 19.9 Å². The number of anilines is 1. The standard InChI is InChI=1S/C16H23NO2/c1-5-14(6-2)17(4)15-9-7-13(12(3)11-15)8-10-16(18)19/h7-11,14H,5-6H2,1-4H3,(H,18,19). The molecule has 0 aliphatic carbocycles. The summed E-state index contributed by atoms with van der Waals surface area (Å²) in [5.74, 6) is -0.919. The zero-order chi connectivity index (χ0) is 14.4. The summed E-state index contributed by atoms with van der Waals surface area (Å²) < 4.78 is 0. The van der Waals surface area contributed by atoms with Gasteiger partial charge in [0.2, 0.25) is 0 Å². The smallest absolute Gasteiger partial charge is 0.328 e. The van der Waals surface area contributed by atoms with Crippen LogP contribution in [0.5, 0.6) is 0 Å². The predicted octanol–water partition coefficient (Wildman–Crippen LogP) is 3.72. The monoisotopic (exact) mass is 261 g/mol. The molecule has 0 fully saturated rings. The lowest BCUT2D eigenvalue weighted by atomic mass is 10.0. The molecule has 3 heteroatoms. The van der Waals surface area contributed by atoms with Crippen molar-refractivity contribution in [3.05, 3.63) is 35.4 Å². The highest BCUT2D eigenvalue weighted by molar-refractivity contribution is 5.85. The van der Waals surface area contributed by atoms with E-state index >= 15 is 0 Å². The van der Waals surface area contributed by atoms with Crippen molar-refractivity contribution in [3.63, 3.8) is 0 Å². The van der Waals surface area contributed by atoms with E-state index in [1.807, 2.05) is 19.1 Å². The first-order chi connectivity index (χ1) is 8.99. The van der Waals surface area contributed by atoms with E-state index in [9.17, 15) is 4.79 Å². The topological polar surface area (TPSA) is 40.5 Å². The van der Waals surface area contributed by atoms with E-state index in [2.05, 4.69) is 31.9 Å². The molecule has 0 radical (unpaired) electrons. The number of aliphatic carboxylic acids is 1. The van der Waals surface area contributed by atoms with Gasteiger partial charge >= 0.3 is 5.97 Å². The number of carbonyl (C=O) groups is 1. The molecule has 0 bridgehead atoms. The summed E-state index contributed by atoms with van der Waals surface area (Å²) >= 11 is 0. The predicted molar refractivity (Wildman–Crippen MR) is 80.6 cm³/mol. The van der Waals surface area contributed by atoms with E-state index in [0.29, 0.717) is 6.04 Å². The Labute approximate surface area is 115 Å². The van der Waals surface area contributed by atoms with E-state index in [1.165, 1.54) is 11.8 Å². The van der Waals surface area contributed by atoms with Gasteiger partial charge in [-0.15, -0.1) is 0 Å². The van der Waals surface area contributed by atoms with Gasteiger partial charge in [-0.3, -0.25) is 0 Å². The highest BCUT2D eigenvalue weighted by Crippen LogP contribution is 2.22. The first-order valence-electron chi connectivity index (χ1n) is 6.74. The number of benzene rings is 1. The number of carboxylic acid groups (broad SMARTS) is 1. The maximum atomic E-state index is 10.5. The van der Waals surface area contributed by atoms with Crippen LogP contribution >= 0.6 is 0 Å². The van der Waals surface area contributed by atoms with E-state index in [4.69, 9.17) is 5.11 Å². The van der Waals surface area contributed by atoms with Crippen LogP contribution in [0.15, 0.2) is 24.3 Å². The average molecular weight is 261 g/mol. The van der Waals surface area contributed by atoms with Crippen LogP contribution in [0.3, 0.4) is 0 Å². The molecule has 1 N–H and O–H groups in total. The maximum Gasteiger partial charge on any atom is 0.328 e. The lowest BCUT2D eigenvalue weighted by Gasteiger charge is -2.29. The van der Waals surface area contributed by atoms with Gasteiger partial charge in [-0.2, -0.15) is 0 Å². The Hall–Kier alpha value is -1.77. The summed E-state index contributed by atoms with van der Waals surface area (Å²) in [5.41, 5.74) is 3.22. The normalized spacial score (nSPS) is 11.2. The quantitative estimate of drug-likeness (QED) is 0.793. The Balaban J connectivity index is 2.96. The molecule has 1 aromatic rings. The first kappa shape index (κ1) is 15.3. The van der Waals surface area contributed by atoms with Gasteiger partial charge in [-0.05, 0) is 49.1 Å². The summed E-state index contributed by atoms with van der Waals surface area (Å²) in [7, 11) is 2.11. The van der Waals surface area contributed by atoms with Gasteiger partial charge in [0.1, 0.15) is 0 Å². The van der Waals surface area contributed by atoms with Crippen LogP contribution in [0.1, 0.15) is 37.8 Å². The molecule has 3 nitrogen and oxygen atoms in total. The summed E-state index contributed by atoms with van der Waals surface area (Å²) in [5, 5.41) is 8.65. The molecule has 0 spiro atoms. The molecule has 0 atom stereocenters. The fourth-order valence-corrected chi connectivity index (χ4v) is 2.27. The Morgan fingerprint density at radius 2 is 2.00 bits per heavy atom. The van der Waals surface area contributed by atoms with Crippen LogP contribution in [-0.4, -0.2) is 24.2 Å². The summed E-state index contributed by atoms with van der Waals surface area (Å²) in [6.07, 6.45) is 5.05. The molecule has 0 aliphatic rings. The molecule has 0 aliphatic heterocycles. The molecular weight excluding hydrogens is 238 g/mol. The molecule has 0 heterocycles. The van der Waals surface area contributed by atoms with Gasteiger partial charge in [0.05, 0.1) is 0 Å². The fourth-order valence-electron chi connectivity index (χ4n) is 2.27. The van der Waals surface area contributed by atoms with Crippen LogP contribution in [0, 0.1) is 6.92 Å².